The number of rotatable bonds is 4. The molecule has 86 valence electrons. The lowest BCUT2D eigenvalue weighted by atomic mass is 9.85. The third kappa shape index (κ3) is 2.45. The summed E-state index contributed by atoms with van der Waals surface area (Å²) in [5.41, 5.74) is -0.750. The molecule has 0 aliphatic rings. The predicted molar refractivity (Wildman–Crippen MR) is 59.0 cm³/mol. The van der Waals surface area contributed by atoms with E-state index in [0.717, 1.165) is 0 Å². The Balaban J connectivity index is 2.92. The number of carbonyl (C=O) groups is 2. The molecule has 0 atom stereocenters. The van der Waals surface area contributed by atoms with Crippen LogP contribution in [-0.4, -0.2) is 23.3 Å². The average Bonchev–Trinajstić information content (AvgIpc) is 2.29. The van der Waals surface area contributed by atoms with Crippen LogP contribution in [0.3, 0.4) is 0 Å². The number of hydrogen-bond donors (Lipinski definition) is 0. The molecule has 4 nitrogen and oxygen atoms in total. The maximum Gasteiger partial charge on any atom is 0.319 e. The van der Waals surface area contributed by atoms with E-state index in [1.54, 1.807) is 39.1 Å². The number of nitrogens with zero attached hydrogens (tertiary/aromatic N) is 1. The summed E-state index contributed by atoms with van der Waals surface area (Å²) >= 11 is 0. The molecule has 1 heterocycles. The highest BCUT2D eigenvalue weighted by Crippen LogP contribution is 2.23. The first-order valence-corrected chi connectivity index (χ1v) is 5.12. The van der Waals surface area contributed by atoms with E-state index in [-0.39, 0.29) is 12.4 Å². The van der Waals surface area contributed by atoms with Gasteiger partial charge in [-0.25, -0.2) is 0 Å². The van der Waals surface area contributed by atoms with E-state index in [9.17, 15) is 9.59 Å². The van der Waals surface area contributed by atoms with Crippen LogP contribution in [0.15, 0.2) is 24.5 Å². The maximum absolute atomic E-state index is 12.0. The van der Waals surface area contributed by atoms with Gasteiger partial charge in [-0.2, -0.15) is 0 Å². The summed E-state index contributed by atoms with van der Waals surface area (Å²) in [4.78, 5) is 27.5. The molecule has 0 aliphatic carbocycles. The molecule has 0 unspecified atom stereocenters. The number of ether oxygens (including phenoxy) is 1. The highest BCUT2D eigenvalue weighted by atomic mass is 16.5. The van der Waals surface area contributed by atoms with Crippen molar-refractivity contribution in [2.75, 3.05) is 6.61 Å². The van der Waals surface area contributed by atoms with E-state index in [4.69, 9.17) is 4.74 Å². The van der Waals surface area contributed by atoms with E-state index in [1.165, 1.54) is 6.20 Å². The normalized spacial score (nSPS) is 10.9. The largest absolute Gasteiger partial charge is 0.465 e. The van der Waals surface area contributed by atoms with Crippen molar-refractivity contribution in [1.29, 1.82) is 0 Å². The Morgan fingerprint density at radius 1 is 1.44 bits per heavy atom. The first-order chi connectivity index (χ1) is 7.50. The van der Waals surface area contributed by atoms with Crippen LogP contribution in [0.5, 0.6) is 0 Å². The minimum Gasteiger partial charge on any atom is -0.465 e. The minimum atomic E-state index is -1.17. The summed E-state index contributed by atoms with van der Waals surface area (Å²) in [7, 11) is 0. The molecule has 0 N–H and O–H groups in total. The van der Waals surface area contributed by atoms with Gasteiger partial charge in [-0.15, -0.1) is 0 Å². The fraction of sp³-hybridized carbons (Fsp3) is 0.417. The molecule has 0 spiro atoms. The third-order valence-electron chi connectivity index (χ3n) is 2.28. The molecule has 0 fully saturated rings. The van der Waals surface area contributed by atoms with Crippen LogP contribution < -0.4 is 0 Å². The van der Waals surface area contributed by atoms with Crippen molar-refractivity contribution in [3.8, 4) is 0 Å². The molecule has 0 aliphatic heterocycles. The van der Waals surface area contributed by atoms with Crippen molar-refractivity contribution in [2.24, 2.45) is 5.41 Å². The third-order valence-corrected chi connectivity index (χ3v) is 2.28. The Labute approximate surface area is 94.6 Å². The Morgan fingerprint density at radius 3 is 2.62 bits per heavy atom. The molecule has 1 aromatic rings. The number of hydrogen-bond acceptors (Lipinski definition) is 4. The summed E-state index contributed by atoms with van der Waals surface area (Å²) in [6.45, 7) is 5.09. The van der Waals surface area contributed by atoms with Crippen molar-refractivity contribution in [3.05, 3.63) is 30.1 Å². The summed E-state index contributed by atoms with van der Waals surface area (Å²) in [5, 5.41) is 0. The smallest absolute Gasteiger partial charge is 0.319 e. The monoisotopic (exact) mass is 221 g/mol. The highest BCUT2D eigenvalue weighted by Gasteiger charge is 2.38. The number of carbonyl (C=O) groups excluding carboxylic acids is 2. The standard InChI is InChI=1S/C12H15NO3/c1-4-16-11(15)12(2,3)10(14)9-6-5-7-13-8-9/h5-8H,4H2,1-3H3. The van der Waals surface area contributed by atoms with Crippen LogP contribution in [0.4, 0.5) is 0 Å². The van der Waals surface area contributed by atoms with Gasteiger partial charge in [-0.1, -0.05) is 0 Å². The molecule has 16 heavy (non-hydrogen) atoms. The quantitative estimate of drug-likeness (QED) is 0.442. The molecular formula is C12H15NO3. The minimum absolute atomic E-state index is 0.266. The van der Waals surface area contributed by atoms with Gasteiger partial charge in [0.2, 0.25) is 0 Å². The SMILES string of the molecule is CCOC(=O)C(C)(C)C(=O)c1cccnc1. The number of Topliss-reactive ketones (excluding diaryl/α,β-unsaturated/α-hetero) is 1. The van der Waals surface area contributed by atoms with Gasteiger partial charge >= 0.3 is 5.97 Å². The van der Waals surface area contributed by atoms with Crippen molar-refractivity contribution in [2.45, 2.75) is 20.8 Å². The van der Waals surface area contributed by atoms with Crippen LogP contribution >= 0.6 is 0 Å². The van der Waals surface area contributed by atoms with Gasteiger partial charge in [0.05, 0.1) is 6.61 Å². The molecule has 1 rings (SSSR count). The zero-order valence-corrected chi connectivity index (χ0v) is 9.69. The average molecular weight is 221 g/mol. The molecule has 0 bridgehead atoms. The number of esters is 1. The van der Waals surface area contributed by atoms with E-state index >= 15 is 0 Å². The Bertz CT molecular complexity index is 385. The Morgan fingerprint density at radius 2 is 2.12 bits per heavy atom. The van der Waals surface area contributed by atoms with Gasteiger partial charge in [0.1, 0.15) is 5.41 Å². The van der Waals surface area contributed by atoms with Crippen molar-refractivity contribution in [3.63, 3.8) is 0 Å². The summed E-state index contributed by atoms with van der Waals surface area (Å²) < 4.78 is 4.87. The first kappa shape index (κ1) is 12.4. The zero-order valence-electron chi connectivity index (χ0n) is 9.69. The van der Waals surface area contributed by atoms with Crippen LogP contribution in [0, 0.1) is 5.41 Å². The molecule has 0 radical (unpaired) electrons. The molecule has 1 aromatic heterocycles. The lowest BCUT2D eigenvalue weighted by Crippen LogP contribution is -2.35. The van der Waals surface area contributed by atoms with Gasteiger partial charge in [-0.05, 0) is 32.9 Å². The molecule has 0 saturated carbocycles. The molecular weight excluding hydrogens is 206 g/mol. The lowest BCUT2D eigenvalue weighted by Gasteiger charge is -2.20. The Kier molecular flexibility index (Phi) is 3.77. The summed E-state index contributed by atoms with van der Waals surface area (Å²) in [6, 6.07) is 3.30. The van der Waals surface area contributed by atoms with E-state index in [0.29, 0.717) is 5.56 Å². The molecule has 4 heteroatoms. The van der Waals surface area contributed by atoms with Gasteiger partial charge in [-0.3, -0.25) is 14.6 Å². The summed E-state index contributed by atoms with van der Waals surface area (Å²) in [5.74, 6) is -0.789. The van der Waals surface area contributed by atoms with Crippen molar-refractivity contribution < 1.29 is 14.3 Å². The molecule has 0 amide bonds. The zero-order chi connectivity index (χ0) is 12.2. The van der Waals surface area contributed by atoms with E-state index in [2.05, 4.69) is 4.98 Å². The number of aromatic nitrogens is 1. The molecule has 0 aromatic carbocycles. The second-order valence-corrected chi connectivity index (χ2v) is 3.92. The summed E-state index contributed by atoms with van der Waals surface area (Å²) in [6.07, 6.45) is 3.03. The second kappa shape index (κ2) is 4.88. The van der Waals surface area contributed by atoms with Crippen molar-refractivity contribution >= 4 is 11.8 Å². The van der Waals surface area contributed by atoms with Gasteiger partial charge < -0.3 is 4.74 Å². The van der Waals surface area contributed by atoms with Crippen LogP contribution in [0.2, 0.25) is 0 Å². The highest BCUT2D eigenvalue weighted by molar-refractivity contribution is 6.11. The van der Waals surface area contributed by atoms with Crippen molar-refractivity contribution in [1.82, 2.24) is 4.98 Å². The molecule has 0 saturated heterocycles. The van der Waals surface area contributed by atoms with Crippen LogP contribution in [0.25, 0.3) is 0 Å². The van der Waals surface area contributed by atoms with E-state index < -0.39 is 11.4 Å². The topological polar surface area (TPSA) is 56.3 Å². The van der Waals surface area contributed by atoms with Crippen LogP contribution in [0.1, 0.15) is 31.1 Å². The second-order valence-electron chi connectivity index (χ2n) is 3.92. The maximum atomic E-state index is 12.0. The van der Waals surface area contributed by atoms with Gasteiger partial charge in [0.15, 0.2) is 5.78 Å². The van der Waals surface area contributed by atoms with Crippen LogP contribution in [-0.2, 0) is 9.53 Å². The lowest BCUT2D eigenvalue weighted by molar-refractivity contribution is -0.150. The fourth-order valence-electron chi connectivity index (χ4n) is 1.26. The van der Waals surface area contributed by atoms with Gasteiger partial charge in [0.25, 0.3) is 0 Å². The predicted octanol–water partition coefficient (Wildman–Crippen LogP) is 1.85. The number of pyridine rings is 1. The first-order valence-electron chi connectivity index (χ1n) is 5.12. The van der Waals surface area contributed by atoms with Gasteiger partial charge in [0, 0.05) is 18.0 Å². The van der Waals surface area contributed by atoms with E-state index in [1.807, 2.05) is 0 Å². The number of ketones is 1. The Hall–Kier alpha value is -1.71. The fourth-order valence-corrected chi connectivity index (χ4v) is 1.26.